The molecule has 18 heavy (non-hydrogen) atoms. The zero-order valence-electron chi connectivity index (χ0n) is 11.4. The van der Waals surface area contributed by atoms with Crippen LogP contribution in [0.15, 0.2) is 30.3 Å². The lowest BCUT2D eigenvalue weighted by Gasteiger charge is -2.30. The summed E-state index contributed by atoms with van der Waals surface area (Å²) < 4.78 is 5.28. The van der Waals surface area contributed by atoms with E-state index in [1.54, 1.807) is 7.05 Å². The van der Waals surface area contributed by atoms with Crippen molar-refractivity contribution in [2.45, 2.75) is 32.4 Å². The van der Waals surface area contributed by atoms with E-state index in [1.165, 1.54) is 4.90 Å². The predicted octanol–water partition coefficient (Wildman–Crippen LogP) is 2.59. The van der Waals surface area contributed by atoms with Crippen molar-refractivity contribution < 1.29 is 14.6 Å². The largest absolute Gasteiger partial charge is 0.444 e. The van der Waals surface area contributed by atoms with E-state index in [1.807, 2.05) is 51.1 Å². The molecule has 1 rings (SSSR count). The number of nitrogens with zero attached hydrogens (tertiary/aromatic N) is 1. The first kappa shape index (κ1) is 14.5. The number of aliphatic hydroxyl groups is 1. The summed E-state index contributed by atoms with van der Waals surface area (Å²) in [5.74, 6) is 0. The van der Waals surface area contributed by atoms with Crippen molar-refractivity contribution in [3.8, 4) is 0 Å². The predicted molar refractivity (Wildman–Crippen MR) is 70.3 cm³/mol. The van der Waals surface area contributed by atoms with Crippen molar-refractivity contribution in [3.05, 3.63) is 35.9 Å². The summed E-state index contributed by atoms with van der Waals surface area (Å²) in [6.45, 7) is 5.30. The maximum Gasteiger partial charge on any atom is 0.410 e. The third-order valence-electron chi connectivity index (χ3n) is 2.51. The molecular weight excluding hydrogens is 230 g/mol. The first-order valence-corrected chi connectivity index (χ1v) is 5.97. The standard InChI is InChI=1S/C14H21NO3/c1-14(2,3)18-13(17)15(4)12(10-16)11-8-6-5-7-9-11/h5-9,12,16H,10H2,1-4H3. The van der Waals surface area contributed by atoms with E-state index in [0.717, 1.165) is 5.56 Å². The molecule has 0 aliphatic carbocycles. The monoisotopic (exact) mass is 251 g/mol. The number of benzene rings is 1. The van der Waals surface area contributed by atoms with Crippen molar-refractivity contribution in [1.29, 1.82) is 0 Å². The van der Waals surface area contributed by atoms with Crippen molar-refractivity contribution in [3.63, 3.8) is 0 Å². The van der Waals surface area contributed by atoms with Crippen LogP contribution < -0.4 is 0 Å². The minimum absolute atomic E-state index is 0.139. The molecule has 0 radical (unpaired) electrons. The van der Waals surface area contributed by atoms with E-state index < -0.39 is 11.7 Å². The SMILES string of the molecule is CN(C(=O)OC(C)(C)C)C(CO)c1ccccc1. The third-order valence-corrected chi connectivity index (χ3v) is 2.51. The Morgan fingerprint density at radius 1 is 1.33 bits per heavy atom. The summed E-state index contributed by atoms with van der Waals surface area (Å²) in [6, 6.07) is 9.01. The summed E-state index contributed by atoms with van der Waals surface area (Å²) >= 11 is 0. The molecule has 0 fully saturated rings. The Hall–Kier alpha value is -1.55. The van der Waals surface area contributed by atoms with E-state index in [0.29, 0.717) is 0 Å². The van der Waals surface area contributed by atoms with Crippen LogP contribution in [0.3, 0.4) is 0 Å². The highest BCUT2D eigenvalue weighted by Crippen LogP contribution is 2.20. The smallest absolute Gasteiger partial charge is 0.410 e. The molecule has 0 heterocycles. The van der Waals surface area contributed by atoms with Gasteiger partial charge in [0.1, 0.15) is 5.60 Å². The molecule has 0 aliphatic heterocycles. The Morgan fingerprint density at radius 3 is 2.33 bits per heavy atom. The zero-order valence-corrected chi connectivity index (χ0v) is 11.4. The Labute approximate surface area is 108 Å². The van der Waals surface area contributed by atoms with Gasteiger partial charge in [-0.3, -0.25) is 0 Å². The number of aliphatic hydroxyl groups excluding tert-OH is 1. The number of hydrogen-bond donors (Lipinski definition) is 1. The van der Waals surface area contributed by atoms with Gasteiger partial charge < -0.3 is 14.7 Å². The van der Waals surface area contributed by atoms with Gasteiger partial charge in [0.2, 0.25) is 0 Å². The highest BCUT2D eigenvalue weighted by atomic mass is 16.6. The minimum atomic E-state index is -0.540. The molecule has 1 atom stereocenters. The topological polar surface area (TPSA) is 49.8 Å². The molecule has 1 aromatic rings. The number of amides is 1. The fourth-order valence-corrected chi connectivity index (χ4v) is 1.59. The second-order valence-corrected chi connectivity index (χ2v) is 5.20. The molecule has 0 bridgehead atoms. The molecular formula is C14H21NO3. The van der Waals surface area contributed by atoms with E-state index >= 15 is 0 Å². The molecule has 1 amide bonds. The average molecular weight is 251 g/mol. The average Bonchev–Trinajstić information content (AvgIpc) is 2.29. The number of carbonyl (C=O) groups is 1. The van der Waals surface area contributed by atoms with E-state index in [-0.39, 0.29) is 12.6 Å². The van der Waals surface area contributed by atoms with Gasteiger partial charge >= 0.3 is 6.09 Å². The van der Waals surface area contributed by atoms with Crippen molar-refractivity contribution in [1.82, 2.24) is 4.90 Å². The highest BCUT2D eigenvalue weighted by Gasteiger charge is 2.25. The van der Waals surface area contributed by atoms with Crippen LogP contribution in [0, 0.1) is 0 Å². The van der Waals surface area contributed by atoms with Crippen molar-refractivity contribution in [2.75, 3.05) is 13.7 Å². The van der Waals surface area contributed by atoms with Gasteiger partial charge in [0.25, 0.3) is 0 Å². The second kappa shape index (κ2) is 5.87. The van der Waals surface area contributed by atoms with E-state index in [9.17, 15) is 9.90 Å². The highest BCUT2D eigenvalue weighted by molar-refractivity contribution is 5.68. The van der Waals surface area contributed by atoms with Crippen molar-refractivity contribution in [2.24, 2.45) is 0 Å². The second-order valence-electron chi connectivity index (χ2n) is 5.20. The lowest BCUT2D eigenvalue weighted by Crippen LogP contribution is -2.37. The number of likely N-dealkylation sites (N-methyl/N-ethyl adjacent to an activating group) is 1. The lowest BCUT2D eigenvalue weighted by atomic mass is 10.1. The normalized spacial score (nSPS) is 12.9. The van der Waals surface area contributed by atoms with E-state index in [2.05, 4.69) is 0 Å². The molecule has 0 saturated heterocycles. The quantitative estimate of drug-likeness (QED) is 0.898. The number of carbonyl (C=O) groups excluding carboxylic acids is 1. The molecule has 0 saturated carbocycles. The molecule has 0 aromatic heterocycles. The first-order valence-electron chi connectivity index (χ1n) is 5.97. The molecule has 1 N–H and O–H groups in total. The third kappa shape index (κ3) is 4.04. The van der Waals surface area contributed by atoms with Crippen LogP contribution in [-0.4, -0.2) is 35.4 Å². The lowest BCUT2D eigenvalue weighted by molar-refractivity contribution is 0.0159. The van der Waals surface area contributed by atoms with Gasteiger partial charge in [0.15, 0.2) is 0 Å². The van der Waals surface area contributed by atoms with Crippen LogP contribution in [-0.2, 0) is 4.74 Å². The van der Waals surface area contributed by atoms with Crippen molar-refractivity contribution >= 4 is 6.09 Å². The molecule has 0 spiro atoms. The fourth-order valence-electron chi connectivity index (χ4n) is 1.59. The maximum atomic E-state index is 11.9. The Morgan fingerprint density at radius 2 is 1.89 bits per heavy atom. The van der Waals surface area contributed by atoms with Gasteiger partial charge in [-0.25, -0.2) is 4.79 Å². The maximum absolute atomic E-state index is 11.9. The van der Waals surface area contributed by atoms with Crippen LogP contribution in [0.25, 0.3) is 0 Å². The molecule has 4 nitrogen and oxygen atoms in total. The summed E-state index contributed by atoms with van der Waals surface area (Å²) in [5.41, 5.74) is 0.343. The van der Waals surface area contributed by atoms with Gasteiger partial charge in [-0.05, 0) is 26.3 Å². The van der Waals surface area contributed by atoms with Crippen LogP contribution >= 0.6 is 0 Å². The minimum Gasteiger partial charge on any atom is -0.444 e. The summed E-state index contributed by atoms with van der Waals surface area (Å²) in [4.78, 5) is 13.3. The summed E-state index contributed by atoms with van der Waals surface area (Å²) in [5, 5.41) is 9.45. The van der Waals surface area contributed by atoms with Gasteiger partial charge in [0, 0.05) is 7.05 Å². The molecule has 1 unspecified atom stereocenters. The Kier molecular flexibility index (Phi) is 4.73. The number of ether oxygens (including phenoxy) is 1. The van der Waals surface area contributed by atoms with Gasteiger partial charge in [-0.2, -0.15) is 0 Å². The van der Waals surface area contributed by atoms with Crippen LogP contribution in [0.1, 0.15) is 32.4 Å². The van der Waals surface area contributed by atoms with Gasteiger partial charge in [0.05, 0.1) is 12.6 Å². The Bertz CT molecular complexity index is 384. The van der Waals surface area contributed by atoms with Gasteiger partial charge in [-0.1, -0.05) is 30.3 Å². The first-order chi connectivity index (χ1) is 8.35. The molecule has 4 heteroatoms. The van der Waals surface area contributed by atoms with Crippen LogP contribution in [0.4, 0.5) is 4.79 Å². The summed E-state index contributed by atoms with van der Waals surface area (Å²) in [7, 11) is 1.63. The van der Waals surface area contributed by atoms with Crippen LogP contribution in [0.5, 0.6) is 0 Å². The summed E-state index contributed by atoms with van der Waals surface area (Å²) in [6.07, 6.45) is -0.439. The van der Waals surface area contributed by atoms with E-state index in [4.69, 9.17) is 4.74 Å². The molecule has 1 aromatic carbocycles. The number of rotatable bonds is 3. The fraction of sp³-hybridized carbons (Fsp3) is 0.500. The zero-order chi connectivity index (χ0) is 13.8. The number of hydrogen-bond acceptors (Lipinski definition) is 3. The molecule has 0 aliphatic rings. The molecule has 100 valence electrons. The Balaban J connectivity index is 2.80. The van der Waals surface area contributed by atoms with Crippen LogP contribution in [0.2, 0.25) is 0 Å². The van der Waals surface area contributed by atoms with Gasteiger partial charge in [-0.15, -0.1) is 0 Å².